The number of fused-ring (bicyclic) bond motifs is 9. The van der Waals surface area contributed by atoms with Crippen molar-refractivity contribution in [2.45, 2.75) is 39.3 Å². The molecule has 0 spiro atoms. The minimum atomic E-state index is -2.72. The van der Waals surface area contributed by atoms with E-state index in [2.05, 4.69) is 221 Å². The summed E-state index contributed by atoms with van der Waals surface area (Å²) in [5.41, 5.74) is 15.8. The topological polar surface area (TPSA) is 3.24 Å². The van der Waals surface area contributed by atoms with Crippen LogP contribution < -0.4 is 36.0 Å². The van der Waals surface area contributed by atoms with Crippen molar-refractivity contribution in [2.75, 3.05) is 4.90 Å². The van der Waals surface area contributed by atoms with Crippen molar-refractivity contribution < 1.29 is 0 Å². The molecule has 0 atom stereocenters. The molecule has 11 rings (SSSR count). The predicted molar refractivity (Wildman–Crippen MR) is 248 cm³/mol. The quantitative estimate of drug-likeness (QED) is 0.158. The molecule has 0 N–H and O–H groups in total. The van der Waals surface area contributed by atoms with Crippen LogP contribution in [-0.4, -0.2) is 16.1 Å². The van der Waals surface area contributed by atoms with Gasteiger partial charge < -0.3 is 4.90 Å². The predicted octanol–water partition coefficient (Wildman–Crippen LogP) is 9.93. The second kappa shape index (κ2) is 12.2. The second-order valence-corrected chi connectivity index (χ2v) is 25.5. The molecule has 0 bridgehead atoms. The van der Waals surface area contributed by atoms with Crippen LogP contribution in [0.3, 0.4) is 0 Å². The first-order chi connectivity index (χ1) is 27.7. The molecule has 1 nitrogen and oxygen atoms in total. The van der Waals surface area contributed by atoms with Gasteiger partial charge >= 0.3 is 0 Å². The van der Waals surface area contributed by atoms with E-state index in [4.69, 9.17) is 0 Å². The Labute approximate surface area is 339 Å². The average Bonchev–Trinajstić information content (AvgIpc) is 3.76. The average molecular weight is 764 g/mol. The Morgan fingerprint density at radius 3 is 1.58 bits per heavy atom. The molecule has 3 heteroatoms. The van der Waals surface area contributed by atoms with Gasteiger partial charge in [0.1, 0.15) is 8.07 Å². The van der Waals surface area contributed by atoms with Crippen LogP contribution in [0.4, 0.5) is 17.1 Å². The highest BCUT2D eigenvalue weighted by Crippen LogP contribution is 2.50. The number of benzene rings is 8. The summed E-state index contributed by atoms with van der Waals surface area (Å²) in [6, 6.07) is 70.0. The van der Waals surface area contributed by atoms with Crippen molar-refractivity contribution in [3.05, 3.63) is 199 Å². The first-order valence-electron chi connectivity index (χ1n) is 20.3. The number of hydrogen-bond acceptors (Lipinski definition) is 1. The van der Waals surface area contributed by atoms with Gasteiger partial charge in [-0.25, -0.2) is 0 Å². The molecule has 8 aromatic carbocycles. The van der Waals surface area contributed by atoms with Gasteiger partial charge in [0.05, 0.1) is 0 Å². The van der Waals surface area contributed by atoms with Crippen LogP contribution >= 0.6 is 0 Å². The zero-order valence-electron chi connectivity index (χ0n) is 33.3. The van der Waals surface area contributed by atoms with Crippen LogP contribution in [0.25, 0.3) is 33.4 Å². The summed E-state index contributed by atoms with van der Waals surface area (Å²) in [6.07, 6.45) is 0. The monoisotopic (exact) mass is 763 g/mol. The molecule has 2 aliphatic heterocycles. The Morgan fingerprint density at radius 2 is 0.895 bits per heavy atom. The largest absolute Gasteiger partial charge is 0.310 e. The molecule has 3 aliphatic rings. The molecule has 0 unspecified atom stereocenters. The van der Waals surface area contributed by atoms with Crippen molar-refractivity contribution in [1.82, 2.24) is 0 Å². The summed E-state index contributed by atoms with van der Waals surface area (Å²) < 4.78 is 0. The standard InChI is InChI=1S/C54H45NSi2/c1-36-31-39(33-41(32-36)57(40-17-7-6-8-18-40)51-25-15-11-21-45(51)46-22-12-16-26-52(46)57)55(37-27-29-43-42-19-9-13-23-48(42)54(2,3)49(43)34-37)38-28-30-47-44-20-10-14-24-50(44)56(4,5)53(47)35-38/h6-35H,1-5H3. The van der Waals surface area contributed by atoms with Gasteiger partial charge in [0, 0.05) is 22.5 Å². The van der Waals surface area contributed by atoms with E-state index in [1.807, 2.05) is 0 Å². The fourth-order valence-corrected chi connectivity index (χ4v) is 19.3. The van der Waals surface area contributed by atoms with Crippen LogP contribution in [0, 0.1) is 6.92 Å². The van der Waals surface area contributed by atoms with Gasteiger partial charge in [-0.2, -0.15) is 0 Å². The molecule has 0 saturated heterocycles. The zero-order chi connectivity index (χ0) is 38.7. The van der Waals surface area contributed by atoms with Crippen molar-refractivity contribution in [3.8, 4) is 33.4 Å². The van der Waals surface area contributed by atoms with Gasteiger partial charge in [-0.05, 0) is 125 Å². The van der Waals surface area contributed by atoms with Crippen molar-refractivity contribution in [1.29, 1.82) is 0 Å². The summed E-state index contributed by atoms with van der Waals surface area (Å²) in [7, 11) is -4.66. The van der Waals surface area contributed by atoms with Crippen LogP contribution in [0.5, 0.6) is 0 Å². The van der Waals surface area contributed by atoms with Crippen LogP contribution in [0.2, 0.25) is 13.1 Å². The van der Waals surface area contributed by atoms with E-state index in [0.717, 1.165) is 0 Å². The van der Waals surface area contributed by atoms with E-state index in [1.165, 1.54) is 98.3 Å². The van der Waals surface area contributed by atoms with Crippen LogP contribution in [-0.2, 0) is 5.41 Å². The summed E-state index contributed by atoms with van der Waals surface area (Å²) in [4.78, 5) is 2.57. The van der Waals surface area contributed by atoms with Gasteiger partial charge in [0.25, 0.3) is 0 Å². The highest BCUT2D eigenvalue weighted by Gasteiger charge is 2.49. The maximum Gasteiger partial charge on any atom is 0.180 e. The molecule has 8 aromatic rings. The first kappa shape index (κ1) is 34.3. The molecule has 0 saturated carbocycles. The van der Waals surface area contributed by atoms with E-state index < -0.39 is 16.1 Å². The second-order valence-electron chi connectivity index (χ2n) is 17.4. The summed E-state index contributed by atoms with van der Waals surface area (Å²) >= 11 is 0. The highest BCUT2D eigenvalue weighted by molar-refractivity contribution is 7.22. The van der Waals surface area contributed by atoms with Gasteiger partial charge in [-0.15, -0.1) is 0 Å². The van der Waals surface area contributed by atoms with Crippen molar-refractivity contribution in [3.63, 3.8) is 0 Å². The van der Waals surface area contributed by atoms with E-state index in [9.17, 15) is 0 Å². The Balaban J connectivity index is 1.18. The Hall–Kier alpha value is -6.01. The van der Waals surface area contributed by atoms with Crippen molar-refractivity contribution >= 4 is 64.3 Å². The van der Waals surface area contributed by atoms with Gasteiger partial charge in [0.15, 0.2) is 8.07 Å². The van der Waals surface area contributed by atoms with E-state index in [1.54, 1.807) is 0 Å². The number of rotatable bonds is 5. The summed E-state index contributed by atoms with van der Waals surface area (Å²) in [5, 5.41) is 8.84. The number of nitrogens with zero attached hydrogens (tertiary/aromatic N) is 1. The molecule has 57 heavy (non-hydrogen) atoms. The molecular formula is C54H45NSi2. The fourth-order valence-electron chi connectivity index (χ4n) is 10.9. The third kappa shape index (κ3) is 4.73. The van der Waals surface area contributed by atoms with Crippen LogP contribution in [0.1, 0.15) is 30.5 Å². The van der Waals surface area contributed by atoms with Gasteiger partial charge in [-0.1, -0.05) is 173 Å². The first-order valence-corrected chi connectivity index (χ1v) is 25.3. The molecule has 1 aliphatic carbocycles. The molecule has 2 heterocycles. The highest BCUT2D eigenvalue weighted by atomic mass is 28.3. The molecule has 0 fully saturated rings. The molecule has 0 amide bonds. The summed E-state index contributed by atoms with van der Waals surface area (Å²) in [5.74, 6) is 0. The lowest BCUT2D eigenvalue weighted by Gasteiger charge is -2.34. The minimum Gasteiger partial charge on any atom is -0.310 e. The maximum absolute atomic E-state index is 2.72. The third-order valence-electron chi connectivity index (χ3n) is 13.6. The normalized spacial score (nSPS) is 15.5. The number of hydrogen-bond donors (Lipinski definition) is 0. The van der Waals surface area contributed by atoms with E-state index >= 15 is 0 Å². The Morgan fingerprint density at radius 1 is 0.386 bits per heavy atom. The number of aryl methyl sites for hydroxylation is 1. The number of anilines is 3. The lowest BCUT2D eigenvalue weighted by atomic mass is 9.82. The Bertz CT molecular complexity index is 2790. The smallest absolute Gasteiger partial charge is 0.180 e. The molecular weight excluding hydrogens is 719 g/mol. The minimum absolute atomic E-state index is 0.110. The van der Waals surface area contributed by atoms with E-state index in [-0.39, 0.29) is 5.41 Å². The van der Waals surface area contributed by atoms with Gasteiger partial charge in [0.2, 0.25) is 0 Å². The SMILES string of the molecule is Cc1cc(N(c2ccc3c(c2)C(C)(C)c2ccccc2-3)c2ccc3c(c2)[Si](C)(C)c2ccccc2-3)cc([Si]2(c3ccccc3)c3ccccc3-c3ccccc32)c1. The fraction of sp³-hybridized carbons (Fsp3) is 0.111. The lowest BCUT2D eigenvalue weighted by molar-refractivity contribution is 0.660. The summed E-state index contributed by atoms with van der Waals surface area (Å²) in [6.45, 7) is 12.1. The van der Waals surface area contributed by atoms with Gasteiger partial charge in [-0.3, -0.25) is 0 Å². The lowest BCUT2D eigenvalue weighted by Crippen LogP contribution is -2.72. The van der Waals surface area contributed by atoms with E-state index in [0.29, 0.717) is 0 Å². The Kier molecular flexibility index (Phi) is 7.36. The van der Waals surface area contributed by atoms with Crippen molar-refractivity contribution in [2.24, 2.45) is 0 Å². The molecule has 274 valence electrons. The van der Waals surface area contributed by atoms with Crippen LogP contribution in [0.15, 0.2) is 182 Å². The third-order valence-corrected chi connectivity index (χ3v) is 21.9. The zero-order valence-corrected chi connectivity index (χ0v) is 35.3. The molecule has 0 radical (unpaired) electrons. The maximum atomic E-state index is 2.57. The molecule has 0 aromatic heterocycles.